The molecule has 0 saturated carbocycles. The molecule has 0 fully saturated rings. The van der Waals surface area contributed by atoms with Crippen molar-refractivity contribution < 1.29 is 8.42 Å². The van der Waals surface area contributed by atoms with Gasteiger partial charge in [0.05, 0.1) is 9.80 Å². The van der Waals surface area contributed by atoms with E-state index >= 15 is 0 Å². The Balaban J connectivity index is 1.77. The second-order valence-electron chi connectivity index (χ2n) is 6.55. The zero-order valence-electron chi connectivity index (χ0n) is 13.5. The van der Waals surface area contributed by atoms with Crippen molar-refractivity contribution in [3.8, 4) is 0 Å². The molecule has 0 aliphatic heterocycles. The third-order valence-corrected chi connectivity index (χ3v) is 7.15. The van der Waals surface area contributed by atoms with E-state index < -0.39 is 9.84 Å². The number of hydrogen-bond donors (Lipinski definition) is 0. The van der Waals surface area contributed by atoms with Crippen LogP contribution in [0.15, 0.2) is 94.7 Å². The predicted octanol–water partition coefficient (Wildman–Crippen LogP) is 4.64. The number of hydrogen-bond acceptors (Lipinski definition) is 2. The monoisotopic (exact) mass is 344 g/mol. The summed E-state index contributed by atoms with van der Waals surface area (Å²) < 4.78 is 26.7. The molecule has 3 aliphatic rings. The zero-order valence-corrected chi connectivity index (χ0v) is 14.3. The summed E-state index contributed by atoms with van der Waals surface area (Å²) in [7, 11) is -3.52. The highest BCUT2D eigenvalue weighted by atomic mass is 32.2. The Hall–Kier alpha value is -2.65. The summed E-state index contributed by atoms with van der Waals surface area (Å²) in [5.74, 6) is -0.214. The smallest absolute Gasteiger partial charge is 0.203 e. The van der Waals surface area contributed by atoms with Crippen molar-refractivity contribution >= 4 is 9.84 Å². The summed E-state index contributed by atoms with van der Waals surface area (Å²) >= 11 is 0. The second kappa shape index (κ2) is 5.17. The molecule has 3 aliphatic carbocycles. The zero-order chi connectivity index (χ0) is 17.0. The molecule has 25 heavy (non-hydrogen) atoms. The van der Waals surface area contributed by atoms with Gasteiger partial charge in [0.15, 0.2) is 0 Å². The maximum atomic E-state index is 13.3. The molecular formula is C22H16O2S. The molecule has 122 valence electrons. The van der Waals surface area contributed by atoms with Gasteiger partial charge < -0.3 is 0 Å². The minimum absolute atomic E-state index is 0.00545. The number of allylic oxidation sites excluding steroid dienone is 2. The SMILES string of the molecule is O=S(=O)(C1=CC2c3ccccc3C1c1ccccc12)c1ccccc1. The molecule has 0 heterocycles. The van der Waals surface area contributed by atoms with Crippen molar-refractivity contribution in [2.24, 2.45) is 0 Å². The van der Waals surface area contributed by atoms with Crippen LogP contribution in [0.2, 0.25) is 0 Å². The number of rotatable bonds is 2. The van der Waals surface area contributed by atoms with Crippen molar-refractivity contribution in [1.82, 2.24) is 0 Å². The van der Waals surface area contributed by atoms with Crippen molar-refractivity contribution in [1.29, 1.82) is 0 Å². The fraction of sp³-hybridized carbons (Fsp3) is 0.0909. The van der Waals surface area contributed by atoms with Crippen LogP contribution in [0.5, 0.6) is 0 Å². The van der Waals surface area contributed by atoms with Gasteiger partial charge in [-0.15, -0.1) is 0 Å². The lowest BCUT2D eigenvalue weighted by molar-refractivity contribution is 0.596. The Bertz CT molecular complexity index is 1060. The van der Waals surface area contributed by atoms with Crippen LogP contribution in [-0.4, -0.2) is 8.42 Å². The van der Waals surface area contributed by atoms with Crippen LogP contribution in [0.4, 0.5) is 0 Å². The summed E-state index contributed by atoms with van der Waals surface area (Å²) in [5.41, 5.74) is 4.67. The van der Waals surface area contributed by atoms with Gasteiger partial charge in [0.25, 0.3) is 0 Å². The molecular weight excluding hydrogens is 328 g/mol. The lowest BCUT2D eigenvalue weighted by atomic mass is 9.68. The molecule has 3 aromatic rings. The van der Waals surface area contributed by atoms with Gasteiger partial charge in [-0.2, -0.15) is 0 Å². The van der Waals surface area contributed by atoms with Crippen LogP contribution >= 0.6 is 0 Å². The molecule has 2 bridgehead atoms. The average molecular weight is 344 g/mol. The van der Waals surface area contributed by atoms with E-state index in [1.165, 1.54) is 11.1 Å². The van der Waals surface area contributed by atoms with Crippen molar-refractivity contribution in [3.05, 3.63) is 112 Å². The van der Waals surface area contributed by atoms with Crippen molar-refractivity contribution in [2.75, 3.05) is 0 Å². The van der Waals surface area contributed by atoms with E-state index in [0.717, 1.165) is 11.1 Å². The summed E-state index contributed by atoms with van der Waals surface area (Å²) in [4.78, 5) is 0.880. The Morgan fingerprint density at radius 3 is 1.64 bits per heavy atom. The van der Waals surface area contributed by atoms with E-state index in [0.29, 0.717) is 9.80 Å². The fourth-order valence-corrected chi connectivity index (χ4v) is 5.84. The first-order chi connectivity index (χ1) is 12.2. The van der Waals surface area contributed by atoms with Gasteiger partial charge in [0.1, 0.15) is 0 Å². The second-order valence-corrected chi connectivity index (χ2v) is 8.50. The molecule has 0 N–H and O–H groups in total. The van der Waals surface area contributed by atoms with Crippen LogP contribution in [0.1, 0.15) is 34.1 Å². The summed E-state index contributed by atoms with van der Waals surface area (Å²) in [6.45, 7) is 0. The average Bonchev–Trinajstić information content (AvgIpc) is 2.68. The number of benzene rings is 3. The molecule has 0 atom stereocenters. The van der Waals surface area contributed by atoms with Crippen LogP contribution in [-0.2, 0) is 9.84 Å². The molecule has 0 spiro atoms. The Morgan fingerprint density at radius 2 is 1.08 bits per heavy atom. The van der Waals surface area contributed by atoms with E-state index in [1.807, 2.05) is 36.4 Å². The molecule has 3 aromatic carbocycles. The highest BCUT2D eigenvalue weighted by Crippen LogP contribution is 2.54. The minimum Gasteiger partial charge on any atom is -0.219 e. The molecule has 0 aromatic heterocycles. The van der Waals surface area contributed by atoms with E-state index in [9.17, 15) is 8.42 Å². The first-order valence-corrected chi connectivity index (χ1v) is 9.86. The summed E-state index contributed by atoms with van der Waals surface area (Å²) in [6, 6.07) is 25.2. The first kappa shape index (κ1) is 14.7. The third kappa shape index (κ3) is 1.99. The molecule has 3 heteroatoms. The van der Waals surface area contributed by atoms with E-state index in [-0.39, 0.29) is 11.8 Å². The van der Waals surface area contributed by atoms with Crippen molar-refractivity contribution in [3.63, 3.8) is 0 Å². The van der Waals surface area contributed by atoms with E-state index in [2.05, 4.69) is 24.3 Å². The first-order valence-electron chi connectivity index (χ1n) is 8.37. The maximum absolute atomic E-state index is 13.3. The van der Waals surface area contributed by atoms with E-state index in [4.69, 9.17) is 0 Å². The van der Waals surface area contributed by atoms with Gasteiger partial charge in [-0.3, -0.25) is 0 Å². The van der Waals surface area contributed by atoms with E-state index in [1.54, 1.807) is 24.3 Å². The Morgan fingerprint density at radius 1 is 0.600 bits per heavy atom. The predicted molar refractivity (Wildman–Crippen MR) is 98.3 cm³/mol. The van der Waals surface area contributed by atoms with Crippen LogP contribution in [0.25, 0.3) is 0 Å². The van der Waals surface area contributed by atoms with Gasteiger partial charge in [-0.1, -0.05) is 72.8 Å². The van der Waals surface area contributed by atoms with Gasteiger partial charge in [-0.25, -0.2) is 8.42 Å². The highest BCUT2D eigenvalue weighted by Gasteiger charge is 2.42. The topological polar surface area (TPSA) is 34.1 Å². The van der Waals surface area contributed by atoms with Gasteiger partial charge in [0, 0.05) is 11.8 Å². The van der Waals surface area contributed by atoms with Gasteiger partial charge in [0.2, 0.25) is 9.84 Å². The number of sulfone groups is 1. The van der Waals surface area contributed by atoms with Crippen LogP contribution < -0.4 is 0 Å². The Labute approximate surface area is 147 Å². The quantitative estimate of drug-likeness (QED) is 0.679. The lowest BCUT2D eigenvalue weighted by Crippen LogP contribution is -2.27. The largest absolute Gasteiger partial charge is 0.219 e. The maximum Gasteiger partial charge on any atom is 0.203 e. The minimum atomic E-state index is -3.52. The van der Waals surface area contributed by atoms with Crippen LogP contribution in [0.3, 0.4) is 0 Å². The molecule has 0 radical (unpaired) electrons. The fourth-order valence-electron chi connectivity index (χ4n) is 4.18. The molecule has 0 amide bonds. The molecule has 6 rings (SSSR count). The lowest BCUT2D eigenvalue weighted by Gasteiger charge is -2.39. The van der Waals surface area contributed by atoms with Gasteiger partial charge >= 0.3 is 0 Å². The normalized spacial score (nSPS) is 20.6. The third-order valence-electron chi connectivity index (χ3n) is 5.26. The highest BCUT2D eigenvalue weighted by molar-refractivity contribution is 7.95. The molecule has 0 unspecified atom stereocenters. The summed E-state index contributed by atoms with van der Waals surface area (Å²) in [5, 5.41) is 0. The standard InChI is InChI=1S/C22H16O2S/c23-25(24,15-8-2-1-3-9-15)21-14-20-16-10-4-6-12-18(16)22(21)19-13-7-5-11-17(19)20/h1-14,20,22H. The summed E-state index contributed by atoms with van der Waals surface area (Å²) in [6.07, 6.45) is 1.96. The van der Waals surface area contributed by atoms with Crippen LogP contribution in [0, 0.1) is 0 Å². The van der Waals surface area contributed by atoms with Gasteiger partial charge in [-0.05, 0) is 34.4 Å². The van der Waals surface area contributed by atoms with Crippen molar-refractivity contribution in [2.45, 2.75) is 16.7 Å². The Kier molecular flexibility index (Phi) is 3.03. The molecule has 2 nitrogen and oxygen atoms in total. The molecule has 0 saturated heterocycles.